The fraction of sp³-hybridized carbons (Fsp3) is 0.714. The Bertz CT molecular complexity index is 381. The van der Waals surface area contributed by atoms with Crippen LogP contribution in [-0.2, 0) is 14.3 Å². The number of ether oxygens (including phenoxy) is 2. The summed E-state index contributed by atoms with van der Waals surface area (Å²) in [6.45, 7) is 3.83. The molecule has 0 aromatic rings. The molecule has 0 aromatic carbocycles. The highest BCUT2D eigenvalue weighted by atomic mass is 32.2. The van der Waals surface area contributed by atoms with E-state index in [1.54, 1.807) is 11.8 Å². The highest BCUT2D eigenvalue weighted by Gasteiger charge is 2.36. The molecule has 19 heavy (non-hydrogen) atoms. The molecule has 0 unspecified atom stereocenters. The van der Waals surface area contributed by atoms with E-state index in [2.05, 4.69) is 12.2 Å². The molecule has 106 valence electrons. The Balaban J connectivity index is 1.77. The van der Waals surface area contributed by atoms with Gasteiger partial charge in [-0.1, -0.05) is 23.9 Å². The van der Waals surface area contributed by atoms with Crippen LogP contribution in [0.4, 0.5) is 0 Å². The van der Waals surface area contributed by atoms with E-state index in [-0.39, 0.29) is 17.5 Å². The van der Waals surface area contributed by atoms with E-state index in [0.717, 1.165) is 25.7 Å². The lowest BCUT2D eigenvalue weighted by Gasteiger charge is -2.30. The Labute approximate surface area is 118 Å². The maximum Gasteiger partial charge on any atom is 0.302 e. The molecule has 1 fully saturated rings. The van der Waals surface area contributed by atoms with Gasteiger partial charge < -0.3 is 9.47 Å². The first-order valence-electron chi connectivity index (χ1n) is 6.82. The van der Waals surface area contributed by atoms with Crippen LogP contribution in [0.3, 0.4) is 0 Å². The van der Waals surface area contributed by atoms with E-state index in [9.17, 15) is 4.79 Å². The normalized spacial score (nSPS) is 30.2. The van der Waals surface area contributed by atoms with E-state index in [0.29, 0.717) is 12.6 Å². The van der Waals surface area contributed by atoms with E-state index in [1.807, 2.05) is 6.92 Å². The minimum absolute atomic E-state index is 0.0303. The number of aliphatic imine (C=N–C) groups is 1. The van der Waals surface area contributed by atoms with Gasteiger partial charge in [0.15, 0.2) is 0 Å². The van der Waals surface area contributed by atoms with Gasteiger partial charge in [0.25, 0.3) is 0 Å². The molecular weight excluding hydrogens is 262 g/mol. The Kier molecular flexibility index (Phi) is 5.45. The van der Waals surface area contributed by atoms with Crippen LogP contribution >= 0.6 is 11.8 Å². The minimum Gasteiger partial charge on any atom is -0.463 e. The van der Waals surface area contributed by atoms with Gasteiger partial charge in [-0.25, -0.2) is 0 Å². The van der Waals surface area contributed by atoms with Crippen LogP contribution in [0.1, 0.15) is 39.5 Å². The largest absolute Gasteiger partial charge is 0.463 e. The topological polar surface area (TPSA) is 47.9 Å². The van der Waals surface area contributed by atoms with E-state index in [4.69, 9.17) is 14.5 Å². The van der Waals surface area contributed by atoms with Crippen molar-refractivity contribution in [2.45, 2.75) is 57.1 Å². The van der Waals surface area contributed by atoms with Gasteiger partial charge in [0.1, 0.15) is 12.0 Å². The zero-order valence-electron chi connectivity index (χ0n) is 11.5. The predicted octanol–water partition coefficient (Wildman–Crippen LogP) is 2.92. The molecule has 0 spiro atoms. The molecule has 0 aromatic heterocycles. The third-order valence-electron chi connectivity index (χ3n) is 3.22. The Hall–Kier alpha value is -0.810. The number of hydrogen-bond acceptors (Lipinski definition) is 5. The van der Waals surface area contributed by atoms with Crippen molar-refractivity contribution in [3.8, 4) is 0 Å². The minimum atomic E-state index is -0.243. The van der Waals surface area contributed by atoms with Gasteiger partial charge in [-0.3, -0.25) is 9.79 Å². The van der Waals surface area contributed by atoms with Gasteiger partial charge in [0, 0.05) is 6.92 Å². The average Bonchev–Trinajstić information content (AvgIpc) is 2.78. The summed E-state index contributed by atoms with van der Waals surface area (Å²) in [5.74, 6) is -0.243. The van der Waals surface area contributed by atoms with Crippen LogP contribution in [0, 0.1) is 0 Å². The number of thioether (sulfide) groups is 1. The quantitative estimate of drug-likeness (QED) is 0.575. The maximum atomic E-state index is 10.8. The lowest BCUT2D eigenvalue weighted by Crippen LogP contribution is -2.36. The van der Waals surface area contributed by atoms with Crippen molar-refractivity contribution in [1.29, 1.82) is 0 Å². The number of allylic oxidation sites excluding steroid dienone is 2. The molecule has 0 amide bonds. The second-order valence-electron chi connectivity index (χ2n) is 4.82. The number of nitrogens with zero attached hydrogens (tertiary/aromatic N) is 1. The first kappa shape index (κ1) is 14.6. The van der Waals surface area contributed by atoms with Crippen molar-refractivity contribution >= 4 is 22.8 Å². The zero-order valence-corrected chi connectivity index (χ0v) is 12.3. The predicted molar refractivity (Wildman–Crippen MR) is 77.4 cm³/mol. The monoisotopic (exact) mass is 283 g/mol. The lowest BCUT2D eigenvalue weighted by molar-refractivity contribution is -0.147. The molecule has 2 heterocycles. The van der Waals surface area contributed by atoms with Crippen LogP contribution in [0.5, 0.6) is 0 Å². The molecule has 4 nitrogen and oxygen atoms in total. The Morgan fingerprint density at radius 1 is 1.58 bits per heavy atom. The first-order valence-corrected chi connectivity index (χ1v) is 7.70. The molecule has 0 aliphatic carbocycles. The Morgan fingerprint density at radius 2 is 2.42 bits per heavy atom. The van der Waals surface area contributed by atoms with Crippen LogP contribution < -0.4 is 0 Å². The molecule has 2 aliphatic heterocycles. The van der Waals surface area contributed by atoms with E-state index in [1.165, 1.54) is 12.0 Å². The number of rotatable bonds is 5. The second-order valence-corrected chi connectivity index (χ2v) is 5.99. The third kappa shape index (κ3) is 4.35. The SMILES string of the molecule is C/C=C/CCC1=N[C@@H]2CC[C@H](COC(C)=O)O[C@@H]2S1. The smallest absolute Gasteiger partial charge is 0.302 e. The molecule has 3 atom stereocenters. The van der Waals surface area contributed by atoms with Crippen molar-refractivity contribution in [3.05, 3.63) is 12.2 Å². The molecule has 2 rings (SSSR count). The van der Waals surface area contributed by atoms with Crippen LogP contribution in [-0.4, -0.2) is 35.2 Å². The van der Waals surface area contributed by atoms with Gasteiger partial charge in [0.05, 0.1) is 17.2 Å². The highest BCUT2D eigenvalue weighted by Crippen LogP contribution is 2.37. The van der Waals surface area contributed by atoms with Crippen molar-refractivity contribution in [1.82, 2.24) is 0 Å². The number of carbonyl (C=O) groups is 1. The molecular formula is C14H21NO3S. The summed E-state index contributed by atoms with van der Waals surface area (Å²) in [4.78, 5) is 15.5. The molecule has 5 heteroatoms. The van der Waals surface area contributed by atoms with Crippen molar-refractivity contribution < 1.29 is 14.3 Å². The summed E-state index contributed by atoms with van der Waals surface area (Å²) in [6.07, 6.45) is 8.24. The third-order valence-corrected chi connectivity index (χ3v) is 4.46. The fourth-order valence-corrected chi connectivity index (χ4v) is 3.52. The van der Waals surface area contributed by atoms with Gasteiger partial charge >= 0.3 is 5.97 Å². The standard InChI is InChI=1S/C14H21NO3S/c1-3-4-5-6-13-15-12-8-7-11(9-17-10(2)16)18-14(12)19-13/h3-4,11-12,14H,5-9H2,1-2H3/b4-3+/t11-,12-,14-/m1/s1. The van der Waals surface area contributed by atoms with Gasteiger partial charge in [-0.2, -0.15) is 0 Å². The fourth-order valence-electron chi connectivity index (χ4n) is 2.25. The van der Waals surface area contributed by atoms with Crippen molar-refractivity contribution in [3.63, 3.8) is 0 Å². The molecule has 0 N–H and O–H groups in total. The first-order chi connectivity index (χ1) is 9.19. The molecule has 2 aliphatic rings. The molecule has 1 saturated heterocycles. The summed E-state index contributed by atoms with van der Waals surface area (Å²) in [7, 11) is 0. The van der Waals surface area contributed by atoms with Gasteiger partial charge in [0.2, 0.25) is 0 Å². The second kappa shape index (κ2) is 7.10. The highest BCUT2D eigenvalue weighted by molar-refractivity contribution is 8.14. The van der Waals surface area contributed by atoms with Crippen LogP contribution in [0.25, 0.3) is 0 Å². The number of esters is 1. The van der Waals surface area contributed by atoms with E-state index < -0.39 is 0 Å². The van der Waals surface area contributed by atoms with Crippen LogP contribution in [0.2, 0.25) is 0 Å². The van der Waals surface area contributed by atoms with E-state index >= 15 is 0 Å². The summed E-state index contributed by atoms with van der Waals surface area (Å²) in [5.41, 5.74) is 0.120. The summed E-state index contributed by atoms with van der Waals surface area (Å²) in [5, 5.41) is 1.20. The molecule has 0 bridgehead atoms. The number of carbonyl (C=O) groups excluding carboxylic acids is 1. The van der Waals surface area contributed by atoms with Crippen molar-refractivity contribution in [2.75, 3.05) is 6.61 Å². The van der Waals surface area contributed by atoms with Gasteiger partial charge in [-0.05, 0) is 32.6 Å². The van der Waals surface area contributed by atoms with Crippen molar-refractivity contribution in [2.24, 2.45) is 4.99 Å². The number of hydrogen-bond donors (Lipinski definition) is 0. The lowest BCUT2D eigenvalue weighted by atomic mass is 10.1. The summed E-state index contributed by atoms with van der Waals surface area (Å²) < 4.78 is 11.0. The Morgan fingerprint density at radius 3 is 3.16 bits per heavy atom. The van der Waals surface area contributed by atoms with Gasteiger partial charge in [-0.15, -0.1) is 0 Å². The number of fused-ring (bicyclic) bond motifs is 1. The summed E-state index contributed by atoms with van der Waals surface area (Å²) >= 11 is 1.74. The zero-order chi connectivity index (χ0) is 13.7. The molecule has 0 radical (unpaired) electrons. The van der Waals surface area contributed by atoms with Crippen LogP contribution in [0.15, 0.2) is 17.1 Å². The molecule has 0 saturated carbocycles. The maximum absolute atomic E-state index is 10.8. The average molecular weight is 283 g/mol. The summed E-state index contributed by atoms with van der Waals surface area (Å²) in [6, 6.07) is 0.291.